The SMILES string of the molecule is COc1ccc2c3c(c4cc(OC)c(OC)cc4c2c1)CN1CCCC1[C@@H]3NC(C)C. The van der Waals surface area contributed by atoms with Gasteiger partial charge >= 0.3 is 0 Å². The highest BCUT2D eigenvalue weighted by Crippen LogP contribution is 2.47. The summed E-state index contributed by atoms with van der Waals surface area (Å²) in [4.78, 5) is 2.66. The molecule has 3 aromatic rings. The molecule has 1 fully saturated rings. The van der Waals surface area contributed by atoms with Crippen molar-refractivity contribution in [3.63, 3.8) is 0 Å². The third-order valence-corrected chi connectivity index (χ3v) is 6.97. The molecule has 0 radical (unpaired) electrons. The molecule has 5 nitrogen and oxygen atoms in total. The molecule has 0 spiro atoms. The van der Waals surface area contributed by atoms with E-state index in [-0.39, 0.29) is 0 Å². The number of methoxy groups -OCH3 is 3. The Hall–Kier alpha value is -2.50. The molecule has 2 aliphatic rings. The first-order valence-electron chi connectivity index (χ1n) is 11.2. The molecule has 5 rings (SSSR count). The molecule has 1 N–H and O–H groups in total. The molecule has 1 unspecified atom stereocenters. The number of rotatable bonds is 5. The second kappa shape index (κ2) is 7.88. The highest BCUT2D eigenvalue weighted by atomic mass is 16.5. The number of hydrogen-bond donors (Lipinski definition) is 1. The van der Waals surface area contributed by atoms with Crippen molar-refractivity contribution in [3.8, 4) is 17.2 Å². The van der Waals surface area contributed by atoms with E-state index < -0.39 is 0 Å². The fourth-order valence-corrected chi connectivity index (χ4v) is 5.67. The summed E-state index contributed by atoms with van der Waals surface area (Å²) in [5.41, 5.74) is 2.85. The van der Waals surface area contributed by atoms with Crippen LogP contribution in [0.4, 0.5) is 0 Å². The van der Waals surface area contributed by atoms with E-state index in [2.05, 4.69) is 54.4 Å². The van der Waals surface area contributed by atoms with E-state index in [0.29, 0.717) is 18.1 Å². The molecular formula is C26H32N2O3. The quantitative estimate of drug-likeness (QED) is 0.586. The Bertz CT molecular complexity index is 1140. The summed E-state index contributed by atoms with van der Waals surface area (Å²) in [7, 11) is 5.13. The van der Waals surface area contributed by atoms with Crippen molar-refractivity contribution in [1.82, 2.24) is 10.2 Å². The molecular weight excluding hydrogens is 388 g/mol. The van der Waals surface area contributed by atoms with Gasteiger partial charge in [0.1, 0.15) is 5.75 Å². The lowest BCUT2D eigenvalue weighted by Crippen LogP contribution is -2.46. The number of nitrogens with one attached hydrogen (secondary N) is 1. The van der Waals surface area contributed by atoms with Gasteiger partial charge in [0.2, 0.25) is 0 Å². The van der Waals surface area contributed by atoms with Gasteiger partial charge in [-0.05, 0) is 76.3 Å². The molecule has 5 heteroatoms. The van der Waals surface area contributed by atoms with Gasteiger partial charge in [-0.2, -0.15) is 0 Å². The van der Waals surface area contributed by atoms with Crippen LogP contribution < -0.4 is 19.5 Å². The van der Waals surface area contributed by atoms with Gasteiger partial charge in [0.05, 0.1) is 21.3 Å². The fourth-order valence-electron chi connectivity index (χ4n) is 5.67. The van der Waals surface area contributed by atoms with Gasteiger partial charge in [0, 0.05) is 24.7 Å². The average Bonchev–Trinajstić information content (AvgIpc) is 3.26. The van der Waals surface area contributed by atoms with Crippen molar-refractivity contribution >= 4 is 21.5 Å². The lowest BCUT2D eigenvalue weighted by molar-refractivity contribution is 0.175. The van der Waals surface area contributed by atoms with Gasteiger partial charge in [-0.15, -0.1) is 0 Å². The van der Waals surface area contributed by atoms with Crippen LogP contribution in [0.3, 0.4) is 0 Å². The highest BCUT2D eigenvalue weighted by molar-refractivity contribution is 6.12. The normalized spacial score (nSPS) is 20.8. The van der Waals surface area contributed by atoms with Crippen molar-refractivity contribution in [2.45, 2.75) is 51.4 Å². The minimum Gasteiger partial charge on any atom is -0.497 e. The Kier molecular flexibility index (Phi) is 5.19. The van der Waals surface area contributed by atoms with E-state index in [4.69, 9.17) is 14.2 Å². The van der Waals surface area contributed by atoms with Crippen LogP contribution in [0.2, 0.25) is 0 Å². The van der Waals surface area contributed by atoms with Crippen LogP contribution in [-0.4, -0.2) is 44.9 Å². The molecule has 0 amide bonds. The Morgan fingerprint density at radius 2 is 1.61 bits per heavy atom. The van der Waals surface area contributed by atoms with Crippen LogP contribution in [0.25, 0.3) is 21.5 Å². The van der Waals surface area contributed by atoms with Crippen LogP contribution in [-0.2, 0) is 6.54 Å². The topological polar surface area (TPSA) is 43.0 Å². The first-order valence-corrected chi connectivity index (χ1v) is 11.2. The standard InChI is InChI=1S/C26H32N2O3/c1-15(2)27-26-22-7-6-10-28(22)14-21-20-13-24(31-5)23(30-4)12-19(20)18-11-16(29-3)8-9-17(18)25(21)26/h8-9,11-13,15,22,26-27H,6-7,10,14H2,1-5H3/t22?,26-/m0/s1. The average molecular weight is 421 g/mol. The molecule has 2 heterocycles. The summed E-state index contributed by atoms with van der Waals surface area (Å²) < 4.78 is 16.9. The van der Waals surface area contributed by atoms with Gasteiger partial charge in [0.25, 0.3) is 0 Å². The third kappa shape index (κ3) is 3.22. The van der Waals surface area contributed by atoms with E-state index in [1.165, 1.54) is 45.5 Å². The summed E-state index contributed by atoms with van der Waals surface area (Å²) in [5, 5.41) is 8.86. The Balaban J connectivity index is 1.89. The lowest BCUT2D eigenvalue weighted by atomic mass is 9.81. The van der Waals surface area contributed by atoms with E-state index in [0.717, 1.165) is 30.3 Å². The fraction of sp³-hybridized carbons (Fsp3) is 0.462. The maximum atomic E-state index is 5.69. The maximum Gasteiger partial charge on any atom is 0.161 e. The van der Waals surface area contributed by atoms with E-state index in [1.807, 2.05) is 0 Å². The van der Waals surface area contributed by atoms with Crippen molar-refractivity contribution in [2.75, 3.05) is 27.9 Å². The van der Waals surface area contributed by atoms with Crippen LogP contribution in [0.5, 0.6) is 17.2 Å². The molecule has 0 bridgehead atoms. The largest absolute Gasteiger partial charge is 0.497 e. The number of nitrogens with zero attached hydrogens (tertiary/aromatic N) is 1. The van der Waals surface area contributed by atoms with Gasteiger partial charge < -0.3 is 19.5 Å². The molecule has 0 aliphatic carbocycles. The van der Waals surface area contributed by atoms with Crippen LogP contribution in [0.15, 0.2) is 30.3 Å². The molecule has 1 saturated heterocycles. The van der Waals surface area contributed by atoms with Gasteiger partial charge in [0.15, 0.2) is 11.5 Å². The molecule has 2 aliphatic heterocycles. The summed E-state index contributed by atoms with van der Waals surface area (Å²) in [6.45, 7) is 6.63. The second-order valence-corrected chi connectivity index (χ2v) is 9.04. The first-order chi connectivity index (χ1) is 15.0. The van der Waals surface area contributed by atoms with Crippen molar-refractivity contribution in [1.29, 1.82) is 0 Å². The molecule has 3 aromatic carbocycles. The zero-order valence-electron chi connectivity index (χ0n) is 19.1. The number of hydrogen-bond acceptors (Lipinski definition) is 5. The van der Waals surface area contributed by atoms with Crippen LogP contribution >= 0.6 is 0 Å². The van der Waals surface area contributed by atoms with E-state index >= 15 is 0 Å². The van der Waals surface area contributed by atoms with Crippen molar-refractivity contribution < 1.29 is 14.2 Å². The first kappa shape index (κ1) is 20.4. The maximum absolute atomic E-state index is 5.69. The summed E-state index contributed by atoms with van der Waals surface area (Å²) >= 11 is 0. The van der Waals surface area contributed by atoms with Gasteiger partial charge in [-0.3, -0.25) is 4.90 Å². The molecule has 164 valence electrons. The Morgan fingerprint density at radius 3 is 2.29 bits per heavy atom. The molecule has 2 atom stereocenters. The minimum absolute atomic E-state index is 0.305. The number of fused-ring (bicyclic) bond motifs is 7. The third-order valence-electron chi connectivity index (χ3n) is 6.97. The molecule has 0 aromatic heterocycles. The predicted molar refractivity (Wildman–Crippen MR) is 126 cm³/mol. The summed E-state index contributed by atoms with van der Waals surface area (Å²) in [6, 6.07) is 12.0. The van der Waals surface area contributed by atoms with Gasteiger partial charge in [-0.25, -0.2) is 0 Å². The Morgan fingerprint density at radius 1 is 0.903 bits per heavy atom. The van der Waals surface area contributed by atoms with Crippen LogP contribution in [0.1, 0.15) is 43.9 Å². The summed E-state index contributed by atoms with van der Waals surface area (Å²) in [5.74, 6) is 2.40. The number of ether oxygens (including phenoxy) is 3. The molecule has 0 saturated carbocycles. The second-order valence-electron chi connectivity index (χ2n) is 9.04. The number of benzene rings is 3. The van der Waals surface area contributed by atoms with Crippen molar-refractivity contribution in [3.05, 3.63) is 41.5 Å². The molecule has 31 heavy (non-hydrogen) atoms. The summed E-state index contributed by atoms with van der Waals surface area (Å²) in [6.07, 6.45) is 2.50. The van der Waals surface area contributed by atoms with Crippen LogP contribution in [0, 0.1) is 0 Å². The van der Waals surface area contributed by atoms with E-state index in [1.54, 1.807) is 21.3 Å². The zero-order valence-corrected chi connectivity index (χ0v) is 19.1. The zero-order chi connectivity index (χ0) is 21.7. The Labute approximate surface area is 184 Å². The smallest absolute Gasteiger partial charge is 0.161 e. The minimum atomic E-state index is 0.305. The van der Waals surface area contributed by atoms with Gasteiger partial charge in [-0.1, -0.05) is 19.9 Å². The predicted octanol–water partition coefficient (Wildman–Crippen LogP) is 5.04. The lowest BCUT2D eigenvalue weighted by Gasteiger charge is -2.41. The van der Waals surface area contributed by atoms with Crippen molar-refractivity contribution in [2.24, 2.45) is 0 Å². The monoisotopic (exact) mass is 420 g/mol. The van der Waals surface area contributed by atoms with E-state index in [9.17, 15) is 0 Å². The highest BCUT2D eigenvalue weighted by Gasteiger charge is 2.40.